The lowest BCUT2D eigenvalue weighted by atomic mass is 10.1. The zero-order valence-electron chi connectivity index (χ0n) is 17.1. The summed E-state index contributed by atoms with van der Waals surface area (Å²) in [5.41, 5.74) is 1.19. The maximum atomic E-state index is 12.8. The monoisotopic (exact) mass is 420 g/mol. The number of methoxy groups -OCH3 is 2. The molecular weight excluding hydrogens is 400 g/mol. The minimum atomic E-state index is -0.778. The van der Waals surface area contributed by atoms with Crippen molar-refractivity contribution in [1.29, 1.82) is 0 Å². The predicted molar refractivity (Wildman–Crippen MR) is 116 cm³/mol. The van der Waals surface area contributed by atoms with Gasteiger partial charge in [-0.3, -0.25) is 9.59 Å². The van der Waals surface area contributed by atoms with E-state index in [4.69, 9.17) is 9.47 Å². The summed E-state index contributed by atoms with van der Waals surface area (Å²) in [5.74, 6) is -0.311. The van der Waals surface area contributed by atoms with Crippen LogP contribution in [0.4, 0.5) is 5.69 Å². The number of anilines is 1. The number of carbonyl (C=O) groups is 1. The summed E-state index contributed by atoms with van der Waals surface area (Å²) in [6.07, 6.45) is 1.40. The van der Waals surface area contributed by atoms with Gasteiger partial charge in [-0.15, -0.1) is 0 Å². The number of aromatic nitrogens is 3. The lowest BCUT2D eigenvalue weighted by Gasteiger charge is -2.11. The number of nitrogens with zero attached hydrogens (tertiary/aromatic N) is 2. The maximum Gasteiger partial charge on any atom is 0.266 e. The number of rotatable bonds is 5. The predicted octanol–water partition coefficient (Wildman–Crippen LogP) is 3.00. The lowest BCUT2D eigenvalue weighted by molar-refractivity contribution is 0.102. The highest BCUT2D eigenvalue weighted by Crippen LogP contribution is 2.29. The van der Waals surface area contributed by atoms with Gasteiger partial charge in [-0.05, 0) is 24.6 Å². The molecule has 0 unspecified atom stereocenters. The molecule has 4 rings (SSSR count). The van der Waals surface area contributed by atoms with Crippen LogP contribution in [0.15, 0.2) is 53.5 Å². The van der Waals surface area contributed by atoms with Crippen LogP contribution >= 0.6 is 0 Å². The first-order chi connectivity index (χ1) is 14.9. The van der Waals surface area contributed by atoms with Gasteiger partial charge in [0, 0.05) is 23.9 Å². The van der Waals surface area contributed by atoms with E-state index in [0.717, 1.165) is 5.56 Å². The minimum absolute atomic E-state index is 0.245. The van der Waals surface area contributed by atoms with Gasteiger partial charge >= 0.3 is 0 Å². The molecule has 158 valence electrons. The number of aromatic hydroxyl groups is 1. The molecule has 9 heteroatoms. The number of ether oxygens (including phenoxy) is 2. The Morgan fingerprint density at radius 3 is 2.48 bits per heavy atom. The lowest BCUT2D eigenvalue weighted by Crippen LogP contribution is -2.23. The molecule has 0 radical (unpaired) electrons. The van der Waals surface area contributed by atoms with Crippen LogP contribution in [0, 0.1) is 6.92 Å². The number of fused-ring (bicyclic) bond motifs is 1. The number of hydrogen-bond donors (Lipinski definition) is 3. The van der Waals surface area contributed by atoms with Crippen LogP contribution in [0.3, 0.4) is 0 Å². The quantitative estimate of drug-likeness (QED) is 0.457. The SMILES string of the molecule is COc1cc(NC(=O)c2c(O)c3cnn(-c4cccc(C)c4)c3[nH]c2=O)cc(OC)c1. The molecule has 31 heavy (non-hydrogen) atoms. The molecule has 0 spiro atoms. The van der Waals surface area contributed by atoms with Crippen LogP contribution in [0.25, 0.3) is 16.7 Å². The smallest absolute Gasteiger partial charge is 0.266 e. The van der Waals surface area contributed by atoms with Gasteiger partial charge in [0.15, 0.2) is 0 Å². The van der Waals surface area contributed by atoms with Gasteiger partial charge in [0.25, 0.3) is 11.5 Å². The van der Waals surface area contributed by atoms with Gasteiger partial charge in [-0.25, -0.2) is 4.68 Å². The van der Waals surface area contributed by atoms with Gasteiger partial charge in [0.1, 0.15) is 28.5 Å². The van der Waals surface area contributed by atoms with Crippen LogP contribution in [-0.2, 0) is 0 Å². The Bertz CT molecular complexity index is 1330. The molecule has 2 aromatic carbocycles. The summed E-state index contributed by atoms with van der Waals surface area (Å²) in [4.78, 5) is 28.2. The number of nitrogens with one attached hydrogen (secondary N) is 2. The van der Waals surface area contributed by atoms with Gasteiger partial charge in [0.05, 0.1) is 31.5 Å². The molecule has 0 aliphatic rings. The third kappa shape index (κ3) is 3.68. The Morgan fingerprint density at radius 1 is 1.13 bits per heavy atom. The maximum absolute atomic E-state index is 12.8. The summed E-state index contributed by atoms with van der Waals surface area (Å²) in [5, 5.41) is 17.8. The number of carbonyl (C=O) groups excluding carboxylic acids is 1. The Morgan fingerprint density at radius 2 is 1.84 bits per heavy atom. The fourth-order valence-corrected chi connectivity index (χ4v) is 3.29. The molecule has 0 atom stereocenters. The van der Waals surface area contributed by atoms with E-state index in [1.165, 1.54) is 25.1 Å². The Hall–Kier alpha value is -4.27. The van der Waals surface area contributed by atoms with E-state index in [1.807, 2.05) is 31.2 Å². The summed E-state index contributed by atoms with van der Waals surface area (Å²) < 4.78 is 11.9. The van der Waals surface area contributed by atoms with Crippen molar-refractivity contribution in [1.82, 2.24) is 14.8 Å². The van der Waals surface area contributed by atoms with Gasteiger partial charge in [0.2, 0.25) is 0 Å². The number of benzene rings is 2. The van der Waals surface area contributed by atoms with Crippen LogP contribution < -0.4 is 20.3 Å². The molecule has 4 aromatic rings. The van der Waals surface area contributed by atoms with Crippen LogP contribution in [0.5, 0.6) is 17.2 Å². The van der Waals surface area contributed by atoms with E-state index >= 15 is 0 Å². The fraction of sp³-hybridized carbons (Fsp3) is 0.136. The van der Waals surface area contributed by atoms with E-state index in [1.54, 1.807) is 18.2 Å². The fourth-order valence-electron chi connectivity index (χ4n) is 3.29. The highest BCUT2D eigenvalue weighted by Gasteiger charge is 2.22. The van der Waals surface area contributed by atoms with Crippen molar-refractivity contribution < 1.29 is 19.4 Å². The molecule has 0 bridgehead atoms. The summed E-state index contributed by atoms with van der Waals surface area (Å²) in [6.45, 7) is 1.94. The first-order valence-corrected chi connectivity index (χ1v) is 9.35. The van der Waals surface area contributed by atoms with E-state index in [2.05, 4.69) is 15.4 Å². The van der Waals surface area contributed by atoms with E-state index in [0.29, 0.717) is 22.9 Å². The van der Waals surface area contributed by atoms with Crippen molar-refractivity contribution in [2.24, 2.45) is 0 Å². The first kappa shape index (κ1) is 20.0. The van der Waals surface area contributed by atoms with Crippen molar-refractivity contribution in [2.75, 3.05) is 19.5 Å². The largest absolute Gasteiger partial charge is 0.506 e. The highest BCUT2D eigenvalue weighted by atomic mass is 16.5. The number of H-pyrrole nitrogens is 1. The number of aryl methyl sites for hydroxylation is 1. The summed E-state index contributed by atoms with van der Waals surface area (Å²) in [7, 11) is 2.97. The average molecular weight is 420 g/mol. The van der Waals surface area contributed by atoms with Crippen molar-refractivity contribution in [3.05, 3.63) is 70.1 Å². The van der Waals surface area contributed by atoms with E-state index in [9.17, 15) is 14.7 Å². The van der Waals surface area contributed by atoms with E-state index < -0.39 is 22.8 Å². The molecule has 2 heterocycles. The second-order valence-electron chi connectivity index (χ2n) is 6.89. The Labute approximate surface area is 176 Å². The number of amides is 1. The molecule has 9 nitrogen and oxygen atoms in total. The van der Waals surface area contributed by atoms with Crippen molar-refractivity contribution in [3.63, 3.8) is 0 Å². The number of aromatic amines is 1. The van der Waals surface area contributed by atoms with Gasteiger partial charge < -0.3 is 24.9 Å². The molecule has 0 saturated heterocycles. The molecule has 0 saturated carbocycles. The summed E-state index contributed by atoms with van der Waals surface area (Å²) in [6, 6.07) is 12.3. The Balaban J connectivity index is 1.75. The molecule has 1 amide bonds. The Kier molecular flexibility index (Phi) is 5.08. The number of pyridine rings is 1. The zero-order valence-corrected chi connectivity index (χ0v) is 17.1. The number of hydrogen-bond acceptors (Lipinski definition) is 6. The van der Waals surface area contributed by atoms with Crippen LogP contribution in [0.1, 0.15) is 15.9 Å². The van der Waals surface area contributed by atoms with Crippen molar-refractivity contribution in [2.45, 2.75) is 6.92 Å². The van der Waals surface area contributed by atoms with Gasteiger partial charge in [-0.1, -0.05) is 12.1 Å². The summed E-state index contributed by atoms with van der Waals surface area (Å²) >= 11 is 0. The first-order valence-electron chi connectivity index (χ1n) is 9.35. The zero-order chi connectivity index (χ0) is 22.1. The van der Waals surface area contributed by atoms with E-state index in [-0.39, 0.29) is 11.0 Å². The molecule has 0 aliphatic carbocycles. The standard InChI is InChI=1S/C22H20N4O5/c1-12-5-4-6-14(7-12)26-20-17(11-23-26)19(27)18(22(29)25-20)21(28)24-13-8-15(30-2)10-16(9-13)31-3/h4-11H,1-3H3,(H,24,28)(H2,25,27,29). The third-order valence-electron chi connectivity index (χ3n) is 4.80. The third-order valence-corrected chi connectivity index (χ3v) is 4.80. The molecule has 2 aromatic heterocycles. The average Bonchev–Trinajstić information content (AvgIpc) is 3.17. The second-order valence-corrected chi connectivity index (χ2v) is 6.89. The van der Waals surface area contributed by atoms with Crippen LogP contribution in [0.2, 0.25) is 0 Å². The molecular formula is C22H20N4O5. The minimum Gasteiger partial charge on any atom is -0.506 e. The molecule has 3 N–H and O–H groups in total. The molecule has 0 fully saturated rings. The van der Waals surface area contributed by atoms with Crippen molar-refractivity contribution >= 4 is 22.6 Å². The van der Waals surface area contributed by atoms with Gasteiger partial charge in [-0.2, -0.15) is 5.10 Å². The topological polar surface area (TPSA) is 118 Å². The normalized spacial score (nSPS) is 10.8. The second kappa shape index (κ2) is 7.86. The molecule has 0 aliphatic heterocycles. The van der Waals surface area contributed by atoms with Crippen molar-refractivity contribution in [3.8, 4) is 22.9 Å². The highest BCUT2D eigenvalue weighted by molar-refractivity contribution is 6.08. The van der Waals surface area contributed by atoms with Crippen LogP contribution in [-0.4, -0.2) is 40.0 Å².